The predicted octanol–water partition coefficient (Wildman–Crippen LogP) is 3.27. The van der Waals surface area contributed by atoms with Crippen molar-refractivity contribution >= 4 is 45.2 Å². The summed E-state index contributed by atoms with van der Waals surface area (Å²) in [6, 6.07) is 20.8. The van der Waals surface area contributed by atoms with Gasteiger partial charge >= 0.3 is 0 Å². The lowest BCUT2D eigenvalue weighted by atomic mass is 10.1. The van der Waals surface area contributed by atoms with Crippen LogP contribution in [0.1, 0.15) is 10.4 Å². The molecular formula is C22H16ClN3O3. The van der Waals surface area contributed by atoms with Crippen LogP contribution in [0.15, 0.2) is 77.6 Å². The first-order valence-electron chi connectivity index (χ1n) is 8.90. The minimum absolute atomic E-state index is 0.0793. The molecule has 0 spiro atoms. The number of hydrogen-bond donors (Lipinski definition) is 2. The molecule has 0 aliphatic heterocycles. The van der Waals surface area contributed by atoms with E-state index >= 15 is 0 Å². The van der Waals surface area contributed by atoms with Crippen LogP contribution in [0.3, 0.4) is 0 Å². The van der Waals surface area contributed by atoms with Gasteiger partial charge in [0.05, 0.1) is 21.6 Å². The van der Waals surface area contributed by atoms with E-state index in [1.54, 1.807) is 65.2 Å². The van der Waals surface area contributed by atoms with Gasteiger partial charge < -0.3 is 4.57 Å². The summed E-state index contributed by atoms with van der Waals surface area (Å²) in [5.41, 5.74) is 6.23. The molecule has 4 rings (SSSR count). The van der Waals surface area contributed by atoms with Gasteiger partial charge in [-0.25, -0.2) is 0 Å². The minimum atomic E-state index is -0.515. The molecule has 0 aliphatic carbocycles. The summed E-state index contributed by atoms with van der Waals surface area (Å²) >= 11 is 6.00. The van der Waals surface area contributed by atoms with E-state index in [1.807, 2.05) is 12.1 Å². The van der Waals surface area contributed by atoms with E-state index in [9.17, 15) is 14.4 Å². The zero-order chi connectivity index (χ0) is 20.4. The van der Waals surface area contributed by atoms with E-state index in [2.05, 4.69) is 10.9 Å². The zero-order valence-corrected chi connectivity index (χ0v) is 15.9. The zero-order valence-electron chi connectivity index (χ0n) is 15.2. The van der Waals surface area contributed by atoms with Crippen molar-refractivity contribution in [1.82, 2.24) is 15.4 Å². The maximum absolute atomic E-state index is 12.7. The first kappa shape index (κ1) is 18.7. The molecule has 0 unspecified atom stereocenters. The van der Waals surface area contributed by atoms with Gasteiger partial charge in [-0.1, -0.05) is 48.0 Å². The quantitative estimate of drug-likeness (QED) is 0.405. The van der Waals surface area contributed by atoms with Gasteiger partial charge in [0.25, 0.3) is 11.8 Å². The summed E-state index contributed by atoms with van der Waals surface area (Å²) in [6.07, 6.45) is 0. The van der Waals surface area contributed by atoms with Crippen LogP contribution in [-0.2, 0) is 11.3 Å². The van der Waals surface area contributed by atoms with Crippen LogP contribution in [0, 0.1) is 0 Å². The molecule has 1 heterocycles. The van der Waals surface area contributed by atoms with Crippen LogP contribution >= 0.6 is 11.6 Å². The highest BCUT2D eigenvalue weighted by Crippen LogP contribution is 2.19. The number of halogens is 1. The van der Waals surface area contributed by atoms with Crippen LogP contribution < -0.4 is 16.3 Å². The van der Waals surface area contributed by atoms with Crippen LogP contribution in [0.4, 0.5) is 0 Å². The Morgan fingerprint density at radius 1 is 0.793 bits per heavy atom. The van der Waals surface area contributed by atoms with Gasteiger partial charge in [-0.05, 0) is 36.4 Å². The molecule has 0 bridgehead atoms. The molecule has 4 aromatic rings. The monoisotopic (exact) mass is 405 g/mol. The number of hydrogen-bond acceptors (Lipinski definition) is 3. The second-order valence-corrected chi connectivity index (χ2v) is 6.84. The summed E-state index contributed by atoms with van der Waals surface area (Å²) in [5, 5.41) is 1.34. The van der Waals surface area contributed by atoms with E-state index in [4.69, 9.17) is 11.6 Å². The number of nitrogens with zero attached hydrogens (tertiary/aromatic N) is 1. The predicted molar refractivity (Wildman–Crippen MR) is 113 cm³/mol. The van der Waals surface area contributed by atoms with Gasteiger partial charge in [0.2, 0.25) is 0 Å². The first-order valence-corrected chi connectivity index (χ1v) is 9.28. The second-order valence-electron chi connectivity index (χ2n) is 6.43. The van der Waals surface area contributed by atoms with Crippen molar-refractivity contribution in [3.63, 3.8) is 0 Å². The Morgan fingerprint density at radius 3 is 1.97 bits per heavy atom. The molecule has 29 heavy (non-hydrogen) atoms. The van der Waals surface area contributed by atoms with Gasteiger partial charge in [-0.2, -0.15) is 0 Å². The molecule has 2 amide bonds. The largest absolute Gasteiger partial charge is 0.331 e. The molecule has 0 atom stereocenters. The number of hydrazine groups is 1. The number of aromatic nitrogens is 1. The van der Waals surface area contributed by atoms with Crippen molar-refractivity contribution in [3.05, 3.63) is 93.6 Å². The Kier molecular flexibility index (Phi) is 5.01. The Labute approximate surface area is 170 Å². The molecular weight excluding hydrogens is 390 g/mol. The van der Waals surface area contributed by atoms with Crippen molar-refractivity contribution in [2.24, 2.45) is 0 Å². The smallest absolute Gasteiger partial charge is 0.271 e. The number of nitrogens with one attached hydrogen (secondary N) is 2. The van der Waals surface area contributed by atoms with Gasteiger partial charge in [0.15, 0.2) is 5.43 Å². The standard InChI is InChI=1S/C22H16ClN3O3/c23-17-10-4-1-7-14(17)22(29)25-24-20(27)13-26-18-11-5-2-8-15(18)21(28)16-9-3-6-12-19(16)26/h1-12H,13H2,(H,24,27)(H,25,29). The van der Waals surface area contributed by atoms with Gasteiger partial charge in [0.1, 0.15) is 6.54 Å². The highest BCUT2D eigenvalue weighted by atomic mass is 35.5. The SMILES string of the molecule is O=C(Cn1c2ccccc2c(=O)c2ccccc21)NNC(=O)c1ccccc1Cl. The topological polar surface area (TPSA) is 80.2 Å². The molecule has 0 saturated carbocycles. The summed E-state index contributed by atoms with van der Waals surface area (Å²) in [7, 11) is 0. The summed E-state index contributed by atoms with van der Waals surface area (Å²) in [6.45, 7) is -0.0793. The number of amides is 2. The molecule has 3 aromatic carbocycles. The van der Waals surface area contributed by atoms with Crippen molar-refractivity contribution in [3.8, 4) is 0 Å². The summed E-state index contributed by atoms with van der Waals surface area (Å²) < 4.78 is 1.75. The second kappa shape index (κ2) is 7.77. The third-order valence-corrected chi connectivity index (χ3v) is 4.94. The van der Waals surface area contributed by atoms with E-state index < -0.39 is 11.8 Å². The molecule has 0 aliphatic rings. The number of para-hydroxylation sites is 2. The molecule has 144 valence electrons. The van der Waals surface area contributed by atoms with E-state index in [-0.39, 0.29) is 22.6 Å². The number of carbonyl (C=O) groups excluding carboxylic acids is 2. The van der Waals surface area contributed by atoms with E-state index in [1.165, 1.54) is 0 Å². The van der Waals surface area contributed by atoms with Crippen LogP contribution in [0.2, 0.25) is 5.02 Å². The average Bonchev–Trinajstić information content (AvgIpc) is 2.75. The lowest BCUT2D eigenvalue weighted by molar-refractivity contribution is -0.122. The molecule has 7 heteroatoms. The van der Waals surface area contributed by atoms with Crippen LogP contribution in [0.5, 0.6) is 0 Å². The Balaban J connectivity index is 1.63. The maximum atomic E-state index is 12.7. The first-order chi connectivity index (χ1) is 14.1. The van der Waals surface area contributed by atoms with Crippen LogP contribution in [-0.4, -0.2) is 16.4 Å². The van der Waals surface area contributed by atoms with Gasteiger partial charge in [0, 0.05) is 10.8 Å². The Hall–Kier alpha value is -3.64. The number of fused-ring (bicyclic) bond motifs is 2. The molecule has 0 fully saturated rings. The van der Waals surface area contributed by atoms with Gasteiger partial charge in [-0.15, -0.1) is 0 Å². The molecule has 2 N–H and O–H groups in total. The highest BCUT2D eigenvalue weighted by Gasteiger charge is 2.14. The molecule has 6 nitrogen and oxygen atoms in total. The highest BCUT2D eigenvalue weighted by molar-refractivity contribution is 6.33. The van der Waals surface area contributed by atoms with Gasteiger partial charge in [-0.3, -0.25) is 25.2 Å². The lowest BCUT2D eigenvalue weighted by Crippen LogP contribution is -2.43. The summed E-state index contributed by atoms with van der Waals surface area (Å²) in [4.78, 5) is 37.5. The van der Waals surface area contributed by atoms with Crippen molar-refractivity contribution in [2.45, 2.75) is 6.54 Å². The van der Waals surface area contributed by atoms with Crippen molar-refractivity contribution in [1.29, 1.82) is 0 Å². The van der Waals surface area contributed by atoms with Crippen LogP contribution in [0.25, 0.3) is 21.8 Å². The molecule has 0 radical (unpaired) electrons. The summed E-state index contributed by atoms with van der Waals surface area (Å²) in [5.74, 6) is -0.956. The third-order valence-electron chi connectivity index (χ3n) is 4.61. The molecule has 0 saturated heterocycles. The maximum Gasteiger partial charge on any atom is 0.271 e. The fourth-order valence-electron chi connectivity index (χ4n) is 3.27. The fourth-order valence-corrected chi connectivity index (χ4v) is 3.49. The molecule has 1 aromatic heterocycles. The number of pyridine rings is 1. The van der Waals surface area contributed by atoms with Crippen molar-refractivity contribution in [2.75, 3.05) is 0 Å². The Bertz CT molecular complexity index is 1250. The third kappa shape index (κ3) is 3.58. The average molecular weight is 406 g/mol. The van der Waals surface area contributed by atoms with E-state index in [0.29, 0.717) is 21.8 Å². The lowest BCUT2D eigenvalue weighted by Gasteiger charge is -2.15. The number of rotatable bonds is 3. The number of carbonyl (C=O) groups is 2. The van der Waals surface area contributed by atoms with Crippen molar-refractivity contribution < 1.29 is 9.59 Å². The van der Waals surface area contributed by atoms with E-state index in [0.717, 1.165) is 0 Å². The minimum Gasteiger partial charge on any atom is -0.331 e. The Morgan fingerprint density at radius 2 is 1.34 bits per heavy atom. The fraction of sp³-hybridized carbons (Fsp3) is 0.0455. The number of benzene rings is 3. The normalized spacial score (nSPS) is 10.8.